The second-order valence-corrected chi connectivity index (χ2v) is 7.57. The molecule has 0 N–H and O–H groups in total. The summed E-state index contributed by atoms with van der Waals surface area (Å²) in [6.45, 7) is 2.60. The van der Waals surface area contributed by atoms with E-state index < -0.39 is 0 Å². The van der Waals surface area contributed by atoms with Gasteiger partial charge in [-0.2, -0.15) is 0 Å². The fourth-order valence-corrected chi connectivity index (χ4v) is 3.46. The van der Waals surface area contributed by atoms with E-state index >= 15 is 0 Å². The Kier molecular flexibility index (Phi) is 6.77. The van der Waals surface area contributed by atoms with E-state index in [9.17, 15) is 8.78 Å². The highest BCUT2D eigenvalue weighted by Crippen LogP contribution is 2.20. The van der Waals surface area contributed by atoms with E-state index in [0.29, 0.717) is 36.5 Å². The fourth-order valence-electron chi connectivity index (χ4n) is 3.46. The molecule has 2 nitrogen and oxygen atoms in total. The molecule has 0 unspecified atom stereocenters. The van der Waals surface area contributed by atoms with Crippen molar-refractivity contribution in [1.82, 2.24) is 4.98 Å². The van der Waals surface area contributed by atoms with Crippen molar-refractivity contribution in [2.75, 3.05) is 6.61 Å². The molecule has 4 heteroatoms. The molecule has 0 aliphatic rings. The minimum Gasteiger partial charge on any atom is -0.494 e. The third kappa shape index (κ3) is 5.31. The number of aromatic nitrogens is 1. The summed E-state index contributed by atoms with van der Waals surface area (Å²) in [6, 6.07) is 19.2. The van der Waals surface area contributed by atoms with Crippen molar-refractivity contribution < 1.29 is 13.5 Å². The zero-order valence-corrected chi connectivity index (χ0v) is 17.9. The SMILES string of the molecule is CCCOc1ccc(CCc2ccc(C#Cc3cccc4cc(F)ccc34)nc2)c(F)c1. The maximum absolute atomic E-state index is 14.3. The van der Waals surface area contributed by atoms with Crippen LogP contribution in [0.3, 0.4) is 0 Å². The molecule has 0 aliphatic heterocycles. The van der Waals surface area contributed by atoms with Crippen molar-refractivity contribution in [1.29, 1.82) is 0 Å². The molecule has 0 bridgehead atoms. The van der Waals surface area contributed by atoms with E-state index in [1.807, 2.05) is 43.3 Å². The number of pyridine rings is 1. The van der Waals surface area contributed by atoms with Crippen LogP contribution in [0.5, 0.6) is 5.75 Å². The molecule has 0 aliphatic carbocycles. The molecule has 0 fully saturated rings. The first-order valence-corrected chi connectivity index (χ1v) is 10.7. The van der Waals surface area contributed by atoms with Crippen molar-refractivity contribution >= 4 is 10.8 Å². The smallest absolute Gasteiger partial charge is 0.130 e. The molecule has 0 atom stereocenters. The number of fused-ring (bicyclic) bond motifs is 1. The van der Waals surface area contributed by atoms with Crippen molar-refractivity contribution in [2.45, 2.75) is 26.2 Å². The van der Waals surface area contributed by atoms with Crippen LogP contribution in [0.2, 0.25) is 0 Å². The zero-order chi connectivity index (χ0) is 22.3. The first kappa shape index (κ1) is 21.5. The van der Waals surface area contributed by atoms with Crippen LogP contribution in [0, 0.1) is 23.5 Å². The quantitative estimate of drug-likeness (QED) is 0.328. The molecule has 0 radical (unpaired) electrons. The number of hydrogen-bond donors (Lipinski definition) is 0. The molecule has 0 spiro atoms. The van der Waals surface area contributed by atoms with Gasteiger partial charge in [-0.3, -0.25) is 0 Å². The van der Waals surface area contributed by atoms with Crippen molar-refractivity contribution in [3.63, 3.8) is 0 Å². The third-order valence-corrected chi connectivity index (χ3v) is 5.17. The summed E-state index contributed by atoms with van der Waals surface area (Å²) in [5.41, 5.74) is 3.15. The van der Waals surface area contributed by atoms with E-state index in [0.717, 1.165) is 28.3 Å². The lowest BCUT2D eigenvalue weighted by molar-refractivity contribution is 0.315. The van der Waals surface area contributed by atoms with Gasteiger partial charge in [0.25, 0.3) is 0 Å². The van der Waals surface area contributed by atoms with E-state index in [1.165, 1.54) is 18.2 Å². The Bertz CT molecular complexity index is 1290. The second-order valence-electron chi connectivity index (χ2n) is 7.57. The van der Waals surface area contributed by atoms with Gasteiger partial charge >= 0.3 is 0 Å². The summed E-state index contributed by atoms with van der Waals surface area (Å²) in [6.07, 6.45) is 3.93. The molecule has 0 saturated carbocycles. The van der Waals surface area contributed by atoms with E-state index in [4.69, 9.17) is 4.74 Å². The average molecular weight is 427 g/mol. The Morgan fingerprint density at radius 2 is 1.81 bits per heavy atom. The second kappa shape index (κ2) is 10.1. The maximum atomic E-state index is 14.3. The molecule has 0 amide bonds. The maximum Gasteiger partial charge on any atom is 0.130 e. The summed E-state index contributed by atoms with van der Waals surface area (Å²) < 4.78 is 33.2. The lowest BCUT2D eigenvalue weighted by Crippen LogP contribution is -1.99. The van der Waals surface area contributed by atoms with Crippen LogP contribution in [-0.4, -0.2) is 11.6 Å². The molecule has 4 rings (SSSR count). The molecule has 4 aromatic rings. The molecule has 0 saturated heterocycles. The van der Waals surface area contributed by atoms with Crippen LogP contribution in [0.25, 0.3) is 10.8 Å². The number of halogens is 2. The van der Waals surface area contributed by atoms with Gasteiger partial charge in [-0.05, 0) is 77.4 Å². The monoisotopic (exact) mass is 427 g/mol. The van der Waals surface area contributed by atoms with Gasteiger partial charge in [-0.25, -0.2) is 13.8 Å². The van der Waals surface area contributed by atoms with E-state index in [-0.39, 0.29) is 11.6 Å². The van der Waals surface area contributed by atoms with Gasteiger partial charge < -0.3 is 4.74 Å². The molecular formula is C28H23F2NO. The van der Waals surface area contributed by atoms with Gasteiger partial charge in [0.1, 0.15) is 23.1 Å². The Morgan fingerprint density at radius 3 is 2.59 bits per heavy atom. The van der Waals surface area contributed by atoms with Crippen molar-refractivity contribution in [3.05, 3.63) is 107 Å². The fraction of sp³-hybridized carbons (Fsp3) is 0.179. The van der Waals surface area contributed by atoms with E-state index in [2.05, 4.69) is 16.8 Å². The Hall–Kier alpha value is -3.71. The average Bonchev–Trinajstić information content (AvgIpc) is 2.81. The van der Waals surface area contributed by atoms with Gasteiger partial charge in [0.15, 0.2) is 0 Å². The third-order valence-electron chi connectivity index (χ3n) is 5.17. The van der Waals surface area contributed by atoms with Gasteiger partial charge in [-0.15, -0.1) is 0 Å². The highest BCUT2D eigenvalue weighted by Gasteiger charge is 2.06. The molecule has 32 heavy (non-hydrogen) atoms. The van der Waals surface area contributed by atoms with Crippen LogP contribution in [0.4, 0.5) is 8.78 Å². The normalized spacial score (nSPS) is 10.6. The summed E-state index contributed by atoms with van der Waals surface area (Å²) in [5.74, 6) is 6.26. The largest absolute Gasteiger partial charge is 0.494 e. The lowest BCUT2D eigenvalue weighted by atomic mass is 10.0. The molecule has 160 valence electrons. The van der Waals surface area contributed by atoms with Crippen LogP contribution in [0.1, 0.15) is 35.7 Å². The number of nitrogens with zero attached hydrogens (tertiary/aromatic N) is 1. The summed E-state index contributed by atoms with van der Waals surface area (Å²) >= 11 is 0. The predicted molar refractivity (Wildman–Crippen MR) is 124 cm³/mol. The zero-order valence-electron chi connectivity index (χ0n) is 17.9. The topological polar surface area (TPSA) is 22.1 Å². The Labute approximate surface area is 186 Å². The van der Waals surface area contributed by atoms with E-state index in [1.54, 1.807) is 18.3 Å². The van der Waals surface area contributed by atoms with Crippen molar-refractivity contribution in [2.24, 2.45) is 0 Å². The van der Waals surface area contributed by atoms with Crippen LogP contribution < -0.4 is 4.74 Å². The van der Waals surface area contributed by atoms with Gasteiger partial charge in [0, 0.05) is 17.8 Å². The van der Waals surface area contributed by atoms with Crippen molar-refractivity contribution in [3.8, 4) is 17.6 Å². The minimum atomic E-state index is -0.263. The molecule has 1 aromatic heterocycles. The first-order valence-electron chi connectivity index (χ1n) is 10.7. The summed E-state index contributed by atoms with van der Waals surface area (Å²) in [7, 11) is 0. The highest BCUT2D eigenvalue weighted by molar-refractivity contribution is 5.88. The van der Waals surface area contributed by atoms with Crippen LogP contribution >= 0.6 is 0 Å². The minimum absolute atomic E-state index is 0.246. The molecule has 1 heterocycles. The number of hydrogen-bond acceptors (Lipinski definition) is 2. The number of aryl methyl sites for hydroxylation is 2. The van der Waals surface area contributed by atoms with Crippen LogP contribution in [0.15, 0.2) is 72.9 Å². The molecule has 3 aromatic carbocycles. The van der Waals surface area contributed by atoms with Gasteiger partial charge in [-0.1, -0.05) is 43.2 Å². The van der Waals surface area contributed by atoms with Gasteiger partial charge in [0.05, 0.1) is 6.61 Å². The number of rotatable bonds is 6. The Balaban J connectivity index is 1.42. The summed E-state index contributed by atoms with van der Waals surface area (Å²) in [4.78, 5) is 4.42. The lowest BCUT2D eigenvalue weighted by Gasteiger charge is -2.08. The summed E-state index contributed by atoms with van der Waals surface area (Å²) in [5, 5.41) is 1.73. The molecular weight excluding hydrogens is 404 g/mol. The Morgan fingerprint density at radius 1 is 0.906 bits per heavy atom. The standard InChI is InChI=1S/C28H23F2NO/c1-2-16-32-26-14-10-22(28(30)18-26)8-6-20-7-12-25(31-19-20)13-9-21-4-3-5-23-17-24(29)11-15-27(21)23/h3-5,7,10-12,14-15,17-19H,2,6,8,16H2,1H3. The highest BCUT2D eigenvalue weighted by atomic mass is 19.1. The predicted octanol–water partition coefficient (Wildman–Crippen LogP) is 6.49. The van der Waals surface area contributed by atoms with Crippen LogP contribution in [-0.2, 0) is 12.8 Å². The van der Waals surface area contributed by atoms with Gasteiger partial charge in [0.2, 0.25) is 0 Å². The number of benzene rings is 3. The first-order chi connectivity index (χ1) is 15.6. The number of ether oxygens (including phenoxy) is 1.